The van der Waals surface area contributed by atoms with E-state index in [1.807, 2.05) is 6.92 Å². The van der Waals surface area contributed by atoms with Gasteiger partial charge in [-0.3, -0.25) is 4.79 Å². The topological polar surface area (TPSA) is 82.5 Å². The summed E-state index contributed by atoms with van der Waals surface area (Å²) < 4.78 is 0. The third kappa shape index (κ3) is 3.66. The van der Waals surface area contributed by atoms with Gasteiger partial charge in [-0.2, -0.15) is 0 Å². The molecule has 2 rings (SSSR count). The number of amides is 2. The Labute approximate surface area is 115 Å². The van der Waals surface area contributed by atoms with Gasteiger partial charge in [-0.25, -0.2) is 9.78 Å². The predicted octanol–water partition coefficient (Wildman–Crippen LogP) is 1.46. The van der Waals surface area contributed by atoms with Gasteiger partial charge in [-0.1, -0.05) is 0 Å². The van der Waals surface area contributed by atoms with Crippen molar-refractivity contribution in [1.29, 1.82) is 0 Å². The highest BCUT2D eigenvalue weighted by molar-refractivity contribution is 7.11. The van der Waals surface area contributed by atoms with Crippen LogP contribution in [-0.4, -0.2) is 40.1 Å². The molecule has 1 aliphatic rings. The number of rotatable bonds is 3. The number of carbonyl (C=O) groups excluding carboxylic acids is 1. The molecule has 7 heteroatoms. The number of carbonyl (C=O) groups is 2. The number of aliphatic carboxylic acids is 1. The predicted molar refractivity (Wildman–Crippen MR) is 71.0 cm³/mol. The third-order valence-electron chi connectivity index (χ3n) is 3.21. The van der Waals surface area contributed by atoms with Crippen LogP contribution in [-0.2, 0) is 11.3 Å². The SMILES string of the molecule is Cc1ncc(CNC(=O)N2CCC(C(=O)O)CC2)s1. The minimum absolute atomic E-state index is 0.130. The third-order valence-corrected chi connectivity index (χ3v) is 4.13. The maximum atomic E-state index is 11.9. The Morgan fingerprint density at radius 1 is 1.53 bits per heavy atom. The van der Waals surface area contributed by atoms with Gasteiger partial charge in [-0.15, -0.1) is 11.3 Å². The van der Waals surface area contributed by atoms with Gasteiger partial charge >= 0.3 is 12.0 Å². The number of nitrogens with one attached hydrogen (secondary N) is 1. The number of piperidine rings is 1. The first-order valence-corrected chi connectivity index (χ1v) is 7.05. The van der Waals surface area contributed by atoms with Crippen LogP contribution in [0.3, 0.4) is 0 Å². The summed E-state index contributed by atoms with van der Waals surface area (Å²) >= 11 is 1.56. The summed E-state index contributed by atoms with van der Waals surface area (Å²) in [6, 6.07) is -0.130. The Morgan fingerprint density at radius 3 is 2.74 bits per heavy atom. The maximum absolute atomic E-state index is 11.9. The molecule has 0 saturated carbocycles. The first-order chi connectivity index (χ1) is 9.06. The highest BCUT2D eigenvalue weighted by Crippen LogP contribution is 2.17. The lowest BCUT2D eigenvalue weighted by Gasteiger charge is -2.30. The standard InChI is InChI=1S/C12H17N3O3S/c1-8-13-6-10(19-8)7-14-12(18)15-4-2-9(3-5-15)11(16)17/h6,9H,2-5,7H2,1H3,(H,14,18)(H,16,17). The van der Waals surface area contributed by atoms with Gasteiger partial charge < -0.3 is 15.3 Å². The molecule has 6 nitrogen and oxygen atoms in total. The van der Waals surface area contributed by atoms with Crippen LogP contribution in [0.4, 0.5) is 4.79 Å². The Kier molecular flexibility index (Phi) is 4.36. The molecule has 0 aliphatic carbocycles. The van der Waals surface area contributed by atoms with Crippen molar-refractivity contribution in [2.24, 2.45) is 5.92 Å². The van der Waals surface area contributed by atoms with E-state index in [9.17, 15) is 9.59 Å². The summed E-state index contributed by atoms with van der Waals surface area (Å²) in [4.78, 5) is 29.5. The van der Waals surface area contributed by atoms with Gasteiger partial charge in [0.15, 0.2) is 0 Å². The minimum atomic E-state index is -0.764. The van der Waals surface area contributed by atoms with E-state index in [4.69, 9.17) is 5.11 Å². The number of thiazole rings is 1. The molecule has 1 fully saturated rings. The number of aromatic nitrogens is 1. The van der Waals surface area contributed by atoms with Crippen LogP contribution in [0.2, 0.25) is 0 Å². The van der Waals surface area contributed by atoms with Gasteiger partial charge in [0.25, 0.3) is 0 Å². The summed E-state index contributed by atoms with van der Waals surface area (Å²) in [6.45, 7) is 3.41. The van der Waals surface area contributed by atoms with Gasteiger partial charge in [0.05, 0.1) is 17.5 Å². The number of urea groups is 1. The van der Waals surface area contributed by atoms with E-state index in [0.717, 1.165) is 9.88 Å². The summed E-state index contributed by atoms with van der Waals surface area (Å²) in [7, 11) is 0. The Hall–Kier alpha value is -1.63. The summed E-state index contributed by atoms with van der Waals surface area (Å²) in [5, 5.41) is 12.7. The number of likely N-dealkylation sites (tertiary alicyclic amines) is 1. The van der Waals surface area contributed by atoms with Crippen LogP contribution in [0.5, 0.6) is 0 Å². The van der Waals surface area contributed by atoms with Crippen molar-refractivity contribution in [3.8, 4) is 0 Å². The molecule has 19 heavy (non-hydrogen) atoms. The minimum Gasteiger partial charge on any atom is -0.481 e. The molecule has 2 heterocycles. The van der Waals surface area contributed by atoms with Crippen LogP contribution in [0.15, 0.2) is 6.20 Å². The van der Waals surface area contributed by atoms with Crippen LogP contribution in [0, 0.1) is 12.8 Å². The van der Waals surface area contributed by atoms with Crippen LogP contribution in [0.1, 0.15) is 22.7 Å². The monoisotopic (exact) mass is 283 g/mol. The second kappa shape index (κ2) is 6.01. The number of aryl methyl sites for hydroxylation is 1. The van der Waals surface area contributed by atoms with Crippen molar-refractivity contribution in [1.82, 2.24) is 15.2 Å². The fraction of sp³-hybridized carbons (Fsp3) is 0.583. The van der Waals surface area contributed by atoms with Crippen molar-refractivity contribution in [2.45, 2.75) is 26.3 Å². The lowest BCUT2D eigenvalue weighted by molar-refractivity contribution is -0.143. The average molecular weight is 283 g/mol. The second-order valence-electron chi connectivity index (χ2n) is 4.60. The Morgan fingerprint density at radius 2 is 2.21 bits per heavy atom. The molecule has 0 radical (unpaired) electrons. The normalized spacial score (nSPS) is 16.4. The zero-order valence-electron chi connectivity index (χ0n) is 10.8. The maximum Gasteiger partial charge on any atom is 0.317 e. The van der Waals surface area contributed by atoms with E-state index < -0.39 is 5.97 Å². The zero-order chi connectivity index (χ0) is 13.8. The lowest BCUT2D eigenvalue weighted by atomic mass is 9.97. The van der Waals surface area contributed by atoms with Crippen molar-refractivity contribution in [3.63, 3.8) is 0 Å². The Balaban J connectivity index is 1.77. The molecule has 0 aromatic carbocycles. The molecule has 1 aromatic rings. The van der Waals surface area contributed by atoms with Crippen LogP contribution >= 0.6 is 11.3 Å². The number of hydrogen-bond donors (Lipinski definition) is 2. The van der Waals surface area contributed by atoms with Gasteiger partial charge in [0, 0.05) is 24.2 Å². The fourth-order valence-electron chi connectivity index (χ4n) is 2.09. The number of carboxylic acid groups (broad SMARTS) is 1. The van der Waals surface area contributed by atoms with Crippen molar-refractivity contribution >= 4 is 23.3 Å². The molecule has 0 unspecified atom stereocenters. The first-order valence-electron chi connectivity index (χ1n) is 6.23. The average Bonchev–Trinajstić information content (AvgIpc) is 2.82. The van der Waals surface area contributed by atoms with E-state index in [2.05, 4.69) is 10.3 Å². The smallest absolute Gasteiger partial charge is 0.317 e. The van der Waals surface area contributed by atoms with E-state index in [0.29, 0.717) is 32.5 Å². The van der Waals surface area contributed by atoms with Crippen molar-refractivity contribution < 1.29 is 14.7 Å². The molecule has 1 aromatic heterocycles. The molecule has 0 atom stereocenters. The molecular formula is C12H17N3O3S. The van der Waals surface area contributed by atoms with Crippen molar-refractivity contribution in [3.05, 3.63) is 16.1 Å². The molecule has 1 saturated heterocycles. The second-order valence-corrected chi connectivity index (χ2v) is 5.92. The van der Waals surface area contributed by atoms with Crippen LogP contribution < -0.4 is 5.32 Å². The molecule has 104 valence electrons. The van der Waals surface area contributed by atoms with Crippen LogP contribution in [0.25, 0.3) is 0 Å². The summed E-state index contributed by atoms with van der Waals surface area (Å²) in [5.41, 5.74) is 0. The van der Waals surface area contributed by atoms with E-state index >= 15 is 0 Å². The quantitative estimate of drug-likeness (QED) is 0.879. The zero-order valence-corrected chi connectivity index (χ0v) is 11.6. The molecule has 2 N–H and O–H groups in total. The highest BCUT2D eigenvalue weighted by atomic mass is 32.1. The van der Waals surface area contributed by atoms with E-state index in [1.54, 1.807) is 22.4 Å². The number of hydrogen-bond acceptors (Lipinski definition) is 4. The van der Waals surface area contributed by atoms with E-state index in [1.165, 1.54) is 0 Å². The number of carboxylic acids is 1. The highest BCUT2D eigenvalue weighted by Gasteiger charge is 2.26. The van der Waals surface area contributed by atoms with Gasteiger partial charge in [0.2, 0.25) is 0 Å². The molecular weight excluding hydrogens is 266 g/mol. The van der Waals surface area contributed by atoms with Crippen molar-refractivity contribution in [2.75, 3.05) is 13.1 Å². The molecule has 0 bridgehead atoms. The van der Waals surface area contributed by atoms with Gasteiger partial charge in [0.1, 0.15) is 0 Å². The lowest BCUT2D eigenvalue weighted by Crippen LogP contribution is -2.45. The first kappa shape index (κ1) is 13.8. The number of nitrogens with zero attached hydrogens (tertiary/aromatic N) is 2. The Bertz CT molecular complexity index is 467. The summed E-state index contributed by atoms with van der Waals surface area (Å²) in [6.07, 6.45) is 2.82. The summed E-state index contributed by atoms with van der Waals surface area (Å²) in [5.74, 6) is -1.08. The largest absolute Gasteiger partial charge is 0.481 e. The van der Waals surface area contributed by atoms with Gasteiger partial charge in [-0.05, 0) is 19.8 Å². The molecule has 2 amide bonds. The molecule has 1 aliphatic heterocycles. The van der Waals surface area contributed by atoms with E-state index in [-0.39, 0.29) is 11.9 Å². The fourth-order valence-corrected chi connectivity index (χ4v) is 2.83. The molecule has 0 spiro atoms.